The molecule has 8 heteroatoms. The Labute approximate surface area is 153 Å². The number of hydrogen-bond donors (Lipinski definition) is 1. The fourth-order valence-electron chi connectivity index (χ4n) is 2.91. The van der Waals surface area contributed by atoms with E-state index in [9.17, 15) is 18.8 Å². The number of anilines is 1. The van der Waals surface area contributed by atoms with E-state index in [0.717, 1.165) is 6.07 Å². The lowest BCUT2D eigenvalue weighted by Crippen LogP contribution is -2.43. The Bertz CT molecular complexity index is 838. The van der Waals surface area contributed by atoms with Crippen molar-refractivity contribution in [3.05, 3.63) is 52.0 Å². The second-order valence-corrected chi connectivity index (χ2v) is 6.76. The number of benzene rings is 1. The van der Waals surface area contributed by atoms with Gasteiger partial charge in [-0.15, -0.1) is 11.3 Å². The minimum absolute atomic E-state index is 0.117. The number of nitrogens with zero attached hydrogens (tertiary/aromatic N) is 1. The van der Waals surface area contributed by atoms with Gasteiger partial charge in [0, 0.05) is 6.54 Å². The van der Waals surface area contributed by atoms with E-state index >= 15 is 0 Å². The Morgan fingerprint density at radius 1 is 1.31 bits per heavy atom. The highest BCUT2D eigenvalue weighted by Gasteiger charge is 2.35. The van der Waals surface area contributed by atoms with Crippen LogP contribution in [0, 0.1) is 5.82 Å². The summed E-state index contributed by atoms with van der Waals surface area (Å²) in [6.07, 6.45) is 1.20. The van der Waals surface area contributed by atoms with E-state index < -0.39 is 23.7 Å². The highest BCUT2D eigenvalue weighted by Crippen LogP contribution is 2.24. The first-order chi connectivity index (χ1) is 12.5. The summed E-state index contributed by atoms with van der Waals surface area (Å²) in [6, 6.07) is 6.39. The third-order valence-corrected chi connectivity index (χ3v) is 5.05. The third kappa shape index (κ3) is 3.60. The first-order valence-electron chi connectivity index (χ1n) is 8.04. The molecule has 2 aromatic rings. The number of nitrogens with one attached hydrogen (secondary N) is 1. The summed E-state index contributed by atoms with van der Waals surface area (Å²) in [5, 5.41) is 4.29. The van der Waals surface area contributed by atoms with Crippen LogP contribution in [0.5, 0.6) is 0 Å². The lowest BCUT2D eigenvalue weighted by Gasteiger charge is -2.23. The maximum absolute atomic E-state index is 14.0. The summed E-state index contributed by atoms with van der Waals surface area (Å²) in [5.74, 6) is -1.98. The van der Waals surface area contributed by atoms with Gasteiger partial charge in [0.1, 0.15) is 11.9 Å². The largest absolute Gasteiger partial charge is 0.465 e. The van der Waals surface area contributed by atoms with Crippen LogP contribution in [0.4, 0.5) is 10.1 Å². The summed E-state index contributed by atoms with van der Waals surface area (Å²) >= 11 is 1.31. The molecule has 1 aromatic carbocycles. The van der Waals surface area contributed by atoms with Crippen molar-refractivity contribution < 1.29 is 23.5 Å². The van der Waals surface area contributed by atoms with E-state index in [1.54, 1.807) is 17.5 Å². The maximum Gasteiger partial charge on any atom is 0.337 e. The fraction of sp³-hybridized carbons (Fsp3) is 0.278. The van der Waals surface area contributed by atoms with E-state index in [1.807, 2.05) is 0 Å². The van der Waals surface area contributed by atoms with Crippen LogP contribution in [0.3, 0.4) is 0 Å². The van der Waals surface area contributed by atoms with Crippen molar-refractivity contribution >= 4 is 34.8 Å². The molecule has 26 heavy (non-hydrogen) atoms. The molecular weight excluding hydrogens is 359 g/mol. The molecule has 0 spiro atoms. The topological polar surface area (TPSA) is 75.7 Å². The van der Waals surface area contributed by atoms with Crippen LogP contribution in [0.15, 0.2) is 35.7 Å². The molecule has 3 rings (SSSR count). The molecule has 2 heterocycles. The van der Waals surface area contributed by atoms with Crippen LogP contribution in [0.25, 0.3) is 0 Å². The van der Waals surface area contributed by atoms with Crippen molar-refractivity contribution in [1.29, 1.82) is 0 Å². The number of rotatable bonds is 4. The minimum Gasteiger partial charge on any atom is -0.465 e. The highest BCUT2D eigenvalue weighted by atomic mass is 32.1. The SMILES string of the molecule is COC(=O)c1ccc(F)c(NC(=O)[C@@H]2CCCN2C(=O)c2cccs2)c1. The predicted molar refractivity (Wildman–Crippen MR) is 94.7 cm³/mol. The summed E-state index contributed by atoms with van der Waals surface area (Å²) in [6.45, 7) is 0.472. The fourth-order valence-corrected chi connectivity index (χ4v) is 3.59. The van der Waals surface area contributed by atoms with E-state index in [0.29, 0.717) is 24.3 Å². The maximum atomic E-state index is 14.0. The van der Waals surface area contributed by atoms with Gasteiger partial charge in [-0.1, -0.05) is 6.07 Å². The van der Waals surface area contributed by atoms with Crippen LogP contribution in [0.2, 0.25) is 0 Å². The number of carbonyl (C=O) groups excluding carboxylic acids is 3. The van der Waals surface area contributed by atoms with Gasteiger partial charge >= 0.3 is 5.97 Å². The van der Waals surface area contributed by atoms with Crippen LogP contribution < -0.4 is 5.32 Å². The second-order valence-electron chi connectivity index (χ2n) is 5.81. The standard InChI is InChI=1S/C18H17FN2O4S/c1-25-18(24)11-6-7-12(19)13(10-11)20-16(22)14-4-2-8-21(14)17(23)15-5-3-9-26-15/h3,5-7,9-10,14H,2,4,8H2,1H3,(H,20,22)/t14-/m0/s1. The molecular formula is C18H17FN2O4S. The van der Waals surface area contributed by atoms with Crippen LogP contribution in [0.1, 0.15) is 32.9 Å². The van der Waals surface area contributed by atoms with Crippen LogP contribution in [-0.2, 0) is 9.53 Å². The van der Waals surface area contributed by atoms with Crippen molar-refractivity contribution in [3.8, 4) is 0 Å². The summed E-state index contributed by atoms with van der Waals surface area (Å²) < 4.78 is 18.6. The monoisotopic (exact) mass is 376 g/mol. The van der Waals surface area contributed by atoms with Gasteiger partial charge in [0.2, 0.25) is 5.91 Å². The van der Waals surface area contributed by atoms with Crippen molar-refractivity contribution in [1.82, 2.24) is 4.90 Å². The molecule has 0 unspecified atom stereocenters. The molecule has 2 amide bonds. The number of thiophene rings is 1. The molecule has 1 aromatic heterocycles. The third-order valence-electron chi connectivity index (χ3n) is 4.19. The Balaban J connectivity index is 1.77. The number of hydrogen-bond acceptors (Lipinski definition) is 5. The Morgan fingerprint density at radius 2 is 2.12 bits per heavy atom. The van der Waals surface area contributed by atoms with E-state index in [4.69, 9.17) is 0 Å². The molecule has 1 atom stereocenters. The second kappa shape index (κ2) is 7.65. The van der Waals surface area contributed by atoms with Gasteiger partial charge in [-0.25, -0.2) is 9.18 Å². The van der Waals surface area contributed by atoms with Gasteiger partial charge in [-0.2, -0.15) is 0 Å². The van der Waals surface area contributed by atoms with Crippen molar-refractivity contribution in [2.45, 2.75) is 18.9 Å². The molecule has 0 aliphatic carbocycles. The molecule has 1 fully saturated rings. The smallest absolute Gasteiger partial charge is 0.337 e. The Hall–Kier alpha value is -2.74. The Kier molecular flexibility index (Phi) is 5.32. The van der Waals surface area contributed by atoms with Gasteiger partial charge in [0.25, 0.3) is 5.91 Å². The number of amides is 2. The molecule has 0 bridgehead atoms. The lowest BCUT2D eigenvalue weighted by atomic mass is 10.1. The number of esters is 1. The van der Waals surface area contributed by atoms with Crippen LogP contribution in [-0.4, -0.2) is 42.4 Å². The van der Waals surface area contributed by atoms with Gasteiger partial charge in [-0.3, -0.25) is 9.59 Å². The highest BCUT2D eigenvalue weighted by molar-refractivity contribution is 7.12. The zero-order valence-electron chi connectivity index (χ0n) is 14.0. The van der Waals surface area contributed by atoms with Gasteiger partial charge in [0.15, 0.2) is 0 Å². The predicted octanol–water partition coefficient (Wildman–Crippen LogP) is 2.92. The molecule has 1 N–H and O–H groups in total. The van der Waals surface area contributed by atoms with Crippen molar-refractivity contribution in [3.63, 3.8) is 0 Å². The molecule has 1 saturated heterocycles. The number of carbonyl (C=O) groups is 3. The number of likely N-dealkylation sites (tertiary alicyclic amines) is 1. The van der Waals surface area contributed by atoms with Gasteiger partial charge in [0.05, 0.1) is 23.2 Å². The first kappa shape index (κ1) is 18.1. The van der Waals surface area contributed by atoms with Crippen molar-refractivity contribution in [2.75, 3.05) is 19.0 Å². The molecule has 136 valence electrons. The summed E-state index contributed by atoms with van der Waals surface area (Å²) in [4.78, 5) is 38.8. The zero-order valence-corrected chi connectivity index (χ0v) is 14.8. The van der Waals surface area contributed by atoms with E-state index in [2.05, 4.69) is 10.1 Å². The minimum atomic E-state index is -0.675. The first-order valence-corrected chi connectivity index (χ1v) is 8.92. The average molecular weight is 376 g/mol. The van der Waals surface area contributed by atoms with Gasteiger partial charge in [-0.05, 0) is 42.5 Å². The normalized spacial score (nSPS) is 16.4. The zero-order chi connectivity index (χ0) is 18.7. The molecule has 1 aliphatic rings. The lowest BCUT2D eigenvalue weighted by molar-refractivity contribution is -0.119. The molecule has 1 aliphatic heterocycles. The summed E-state index contributed by atoms with van der Waals surface area (Å²) in [5.41, 5.74) is 0.00969. The number of ether oxygens (including phenoxy) is 1. The van der Waals surface area contributed by atoms with Crippen LogP contribution >= 0.6 is 11.3 Å². The Morgan fingerprint density at radius 3 is 2.81 bits per heavy atom. The molecule has 0 saturated carbocycles. The quantitative estimate of drug-likeness (QED) is 0.833. The van der Waals surface area contributed by atoms with Crippen molar-refractivity contribution in [2.24, 2.45) is 0 Å². The van der Waals surface area contributed by atoms with E-state index in [1.165, 1.54) is 35.5 Å². The average Bonchev–Trinajstić information content (AvgIpc) is 3.34. The molecule has 6 nitrogen and oxygen atoms in total. The van der Waals surface area contributed by atoms with E-state index in [-0.39, 0.29) is 17.2 Å². The molecule has 0 radical (unpaired) electrons. The number of halogens is 1. The number of methoxy groups -OCH3 is 1. The van der Waals surface area contributed by atoms with Gasteiger partial charge < -0.3 is 15.0 Å². The summed E-state index contributed by atoms with van der Waals surface area (Å²) in [7, 11) is 1.22.